The second-order valence-electron chi connectivity index (χ2n) is 7.19. The molecule has 4 heterocycles. The van der Waals surface area contributed by atoms with Gasteiger partial charge in [0.2, 0.25) is 9.84 Å². The van der Waals surface area contributed by atoms with Gasteiger partial charge in [0, 0.05) is 28.5 Å². The molecule has 0 radical (unpaired) electrons. The predicted molar refractivity (Wildman–Crippen MR) is 116 cm³/mol. The van der Waals surface area contributed by atoms with Crippen LogP contribution in [0.4, 0.5) is 11.4 Å². The van der Waals surface area contributed by atoms with Crippen LogP contribution in [0.1, 0.15) is 5.56 Å². The Kier molecular flexibility index (Phi) is 3.86. The van der Waals surface area contributed by atoms with E-state index in [1.807, 2.05) is 29.8 Å². The molecular weight excluding hydrogens is 422 g/mol. The number of thiazole rings is 1. The Bertz CT molecular complexity index is 1460. The van der Waals surface area contributed by atoms with E-state index in [1.54, 1.807) is 29.7 Å². The first kappa shape index (κ1) is 17.8. The van der Waals surface area contributed by atoms with Crippen LogP contribution in [0.2, 0.25) is 0 Å². The van der Waals surface area contributed by atoms with E-state index in [0.717, 1.165) is 27.0 Å². The van der Waals surface area contributed by atoms with Crippen molar-refractivity contribution in [2.45, 2.75) is 11.0 Å². The van der Waals surface area contributed by atoms with Crippen molar-refractivity contribution in [3.8, 4) is 0 Å². The lowest BCUT2D eigenvalue weighted by Crippen LogP contribution is -2.35. The smallest absolute Gasteiger partial charge is 0.204 e. The van der Waals surface area contributed by atoms with Crippen molar-refractivity contribution in [1.82, 2.24) is 9.97 Å². The molecule has 0 atom stereocenters. The fourth-order valence-electron chi connectivity index (χ4n) is 3.62. The summed E-state index contributed by atoms with van der Waals surface area (Å²) in [6.45, 7) is 0.936. The van der Waals surface area contributed by atoms with Gasteiger partial charge in [-0.3, -0.25) is 4.98 Å². The van der Waals surface area contributed by atoms with Gasteiger partial charge in [0.15, 0.2) is 0 Å². The first-order chi connectivity index (χ1) is 14.6. The van der Waals surface area contributed by atoms with E-state index in [-0.39, 0.29) is 11.0 Å². The van der Waals surface area contributed by atoms with E-state index in [1.165, 1.54) is 5.41 Å². The van der Waals surface area contributed by atoms with Crippen molar-refractivity contribution in [3.63, 3.8) is 0 Å². The Labute approximate surface area is 175 Å². The number of nitrogens with one attached hydrogen (secondary N) is 1. The van der Waals surface area contributed by atoms with Crippen molar-refractivity contribution in [2.24, 2.45) is 0 Å². The minimum absolute atomic E-state index is 0.116. The molecule has 0 saturated carbocycles. The molecular formula is C21H15N3O4S2. The molecule has 2 aliphatic heterocycles. The van der Waals surface area contributed by atoms with Gasteiger partial charge in [0.1, 0.15) is 11.9 Å². The first-order valence-electron chi connectivity index (χ1n) is 9.31. The molecule has 6 rings (SSSR count). The number of sulfone groups is 1. The molecule has 2 aromatic heterocycles. The average molecular weight is 438 g/mol. The fraction of sp³-hybridized carbons (Fsp3) is 0.143. The highest BCUT2D eigenvalue weighted by atomic mass is 32.2. The van der Waals surface area contributed by atoms with Gasteiger partial charge in [-0.1, -0.05) is 0 Å². The zero-order chi connectivity index (χ0) is 20.3. The number of ether oxygens (including phenoxy) is 2. The van der Waals surface area contributed by atoms with Crippen LogP contribution in [0, 0.1) is 0 Å². The van der Waals surface area contributed by atoms with Gasteiger partial charge in [0.25, 0.3) is 0 Å². The second-order valence-corrected chi connectivity index (χ2v) is 9.84. The number of hydrogen-bond donors (Lipinski definition) is 1. The van der Waals surface area contributed by atoms with Crippen molar-refractivity contribution in [2.75, 3.05) is 18.5 Å². The lowest BCUT2D eigenvalue weighted by atomic mass is 10.1. The van der Waals surface area contributed by atoms with Crippen molar-refractivity contribution in [1.29, 1.82) is 0 Å². The predicted octanol–water partition coefficient (Wildman–Crippen LogP) is 4.09. The van der Waals surface area contributed by atoms with Gasteiger partial charge in [-0.25, -0.2) is 13.4 Å². The molecule has 0 aliphatic carbocycles. The lowest BCUT2D eigenvalue weighted by Gasteiger charge is -2.27. The summed E-state index contributed by atoms with van der Waals surface area (Å²) >= 11 is 1.59. The van der Waals surface area contributed by atoms with Gasteiger partial charge in [-0.15, -0.1) is 11.3 Å². The van der Waals surface area contributed by atoms with E-state index in [9.17, 15) is 8.42 Å². The maximum Gasteiger partial charge on any atom is 0.204 e. The highest BCUT2D eigenvalue weighted by Crippen LogP contribution is 2.39. The quantitative estimate of drug-likeness (QED) is 0.514. The molecule has 30 heavy (non-hydrogen) atoms. The first-order valence-corrected chi connectivity index (χ1v) is 11.7. The molecule has 9 heteroatoms. The van der Waals surface area contributed by atoms with E-state index in [0.29, 0.717) is 30.1 Å². The van der Waals surface area contributed by atoms with Gasteiger partial charge in [0.05, 0.1) is 44.8 Å². The van der Waals surface area contributed by atoms with Gasteiger partial charge in [-0.2, -0.15) is 0 Å². The Morgan fingerprint density at radius 2 is 2.00 bits per heavy atom. The van der Waals surface area contributed by atoms with Gasteiger partial charge >= 0.3 is 0 Å². The van der Waals surface area contributed by atoms with Crippen LogP contribution < -0.4 is 5.32 Å². The summed E-state index contributed by atoms with van der Waals surface area (Å²) in [6, 6.07) is 11.2. The number of pyridine rings is 1. The number of hydrogen-bond acceptors (Lipinski definition) is 8. The third kappa shape index (κ3) is 2.85. The van der Waals surface area contributed by atoms with Crippen molar-refractivity contribution >= 4 is 59.4 Å². The summed E-state index contributed by atoms with van der Waals surface area (Å²) in [7, 11) is -3.58. The molecule has 0 spiro atoms. The number of nitrogens with zero attached hydrogens (tertiary/aromatic N) is 2. The van der Waals surface area contributed by atoms with E-state index >= 15 is 0 Å². The summed E-state index contributed by atoms with van der Waals surface area (Å²) in [4.78, 5) is 9.03. The molecule has 0 amide bonds. The molecule has 4 aromatic rings. The van der Waals surface area contributed by atoms with Gasteiger partial charge < -0.3 is 14.8 Å². The molecule has 0 unspecified atom stereocenters. The molecule has 7 nitrogen and oxygen atoms in total. The SMILES string of the molecule is O=S1(=O)C=C(OC2COC2)c2cc3nccc(Nc4ccc5scnc5c4)c3cc21. The van der Waals surface area contributed by atoms with E-state index in [2.05, 4.69) is 15.3 Å². The molecule has 1 fully saturated rings. The number of anilines is 2. The fourth-order valence-corrected chi connectivity index (χ4v) is 5.62. The minimum atomic E-state index is -3.58. The van der Waals surface area contributed by atoms with Crippen LogP contribution >= 0.6 is 11.3 Å². The standard InChI is InChI=1S/C21H15N3O4S2/c25-30(26)10-19(28-13-8-27-9-13)15-6-17-14(7-21(15)30)16(3-4-22-17)24-12-1-2-20-18(5-12)23-11-29-20/h1-7,10-11,13H,8-9H2,(H,22,24). The second kappa shape index (κ2) is 6.49. The maximum atomic E-state index is 12.7. The minimum Gasteiger partial charge on any atom is -0.484 e. The van der Waals surface area contributed by atoms with Gasteiger partial charge in [-0.05, 0) is 36.4 Å². The summed E-state index contributed by atoms with van der Waals surface area (Å²) < 4.78 is 37.6. The molecule has 0 bridgehead atoms. The molecule has 1 N–H and O–H groups in total. The van der Waals surface area contributed by atoms with Crippen LogP contribution in [0.5, 0.6) is 0 Å². The third-order valence-corrected chi connectivity index (χ3v) is 7.47. The topological polar surface area (TPSA) is 90.4 Å². The van der Waals surface area contributed by atoms with Crippen LogP contribution in [0.25, 0.3) is 26.9 Å². The highest BCUT2D eigenvalue weighted by Gasteiger charge is 2.32. The van der Waals surface area contributed by atoms with Crippen LogP contribution in [-0.4, -0.2) is 37.7 Å². The van der Waals surface area contributed by atoms with Crippen molar-refractivity contribution in [3.05, 3.63) is 59.1 Å². The Balaban J connectivity index is 1.43. The van der Waals surface area contributed by atoms with Crippen molar-refractivity contribution < 1.29 is 17.9 Å². The number of fused-ring (bicyclic) bond motifs is 3. The number of rotatable bonds is 4. The Morgan fingerprint density at radius 1 is 1.10 bits per heavy atom. The van der Waals surface area contributed by atoms with Crippen LogP contribution in [0.3, 0.4) is 0 Å². The maximum absolute atomic E-state index is 12.7. The highest BCUT2D eigenvalue weighted by molar-refractivity contribution is 7.95. The number of benzene rings is 2. The molecule has 1 saturated heterocycles. The Hall–Kier alpha value is -3.01. The lowest BCUT2D eigenvalue weighted by molar-refractivity contribution is -0.0921. The largest absolute Gasteiger partial charge is 0.484 e. The zero-order valence-electron chi connectivity index (χ0n) is 15.5. The third-order valence-electron chi connectivity index (χ3n) is 5.19. The van der Waals surface area contributed by atoms with Crippen LogP contribution in [-0.2, 0) is 19.3 Å². The molecule has 150 valence electrons. The molecule has 2 aliphatic rings. The molecule has 2 aromatic carbocycles. The monoisotopic (exact) mass is 437 g/mol. The van der Waals surface area contributed by atoms with Crippen LogP contribution in [0.15, 0.2) is 58.4 Å². The van der Waals surface area contributed by atoms with E-state index < -0.39 is 9.84 Å². The summed E-state index contributed by atoms with van der Waals surface area (Å²) in [5.41, 5.74) is 5.60. The average Bonchev–Trinajstić information content (AvgIpc) is 3.25. The summed E-state index contributed by atoms with van der Waals surface area (Å²) in [5.74, 6) is 0.356. The Morgan fingerprint density at radius 3 is 2.83 bits per heavy atom. The summed E-state index contributed by atoms with van der Waals surface area (Å²) in [5, 5.41) is 5.29. The summed E-state index contributed by atoms with van der Waals surface area (Å²) in [6.07, 6.45) is 1.58. The zero-order valence-corrected chi connectivity index (χ0v) is 17.2. The van der Waals surface area contributed by atoms with E-state index in [4.69, 9.17) is 9.47 Å². The number of aromatic nitrogens is 2. The normalized spacial score (nSPS) is 17.5.